The summed E-state index contributed by atoms with van der Waals surface area (Å²) in [7, 11) is -5.63. The van der Waals surface area contributed by atoms with Gasteiger partial charge in [0.05, 0.1) is 0 Å². The molecular formula is C57H71Li2N2O2P2+. The average molecular weight is 892 g/mol. The third-order valence-electron chi connectivity index (χ3n) is 11.7. The molecule has 2 aliphatic heterocycles. The van der Waals surface area contributed by atoms with Gasteiger partial charge in [-0.05, 0) is 49.4 Å². The molecule has 6 aromatic carbocycles. The van der Waals surface area contributed by atoms with Crippen LogP contribution in [-0.4, -0.2) is 32.0 Å². The minimum Gasteiger partial charge on any atom is -0.677 e. The van der Waals surface area contributed by atoms with Crippen molar-refractivity contribution in [2.75, 3.05) is 26.4 Å². The zero-order valence-electron chi connectivity index (χ0n) is 41.1. The Hall–Kier alpha value is -3.24. The first kappa shape index (κ1) is 54.4. The summed E-state index contributed by atoms with van der Waals surface area (Å²) in [6, 6.07) is 57.9. The molecule has 0 aliphatic carbocycles. The van der Waals surface area contributed by atoms with E-state index in [2.05, 4.69) is 223 Å². The van der Waals surface area contributed by atoms with E-state index in [4.69, 9.17) is 14.6 Å². The summed E-state index contributed by atoms with van der Waals surface area (Å²) in [6.45, 7) is 22.4. The van der Waals surface area contributed by atoms with Crippen molar-refractivity contribution in [3.8, 4) is 0 Å². The van der Waals surface area contributed by atoms with Crippen LogP contribution in [0.15, 0.2) is 158 Å². The number of nitrogens with zero attached hydrogens (tertiary/aromatic N) is 1. The zero-order valence-corrected chi connectivity index (χ0v) is 42.9. The van der Waals surface area contributed by atoms with Crippen LogP contribution in [0.2, 0.25) is 0 Å². The van der Waals surface area contributed by atoms with Gasteiger partial charge in [0.2, 0.25) is 5.69 Å². The summed E-state index contributed by atoms with van der Waals surface area (Å²) in [4.78, 5) is 0. The minimum absolute atomic E-state index is 0. The molecule has 2 fully saturated rings. The second kappa shape index (κ2) is 26.9. The van der Waals surface area contributed by atoms with Gasteiger partial charge in [0.1, 0.15) is 0 Å². The molecule has 2 aliphatic rings. The number of ether oxygens (including phenoxy) is 2. The van der Waals surface area contributed by atoms with Crippen LogP contribution in [0.25, 0.3) is 5.09 Å². The maximum absolute atomic E-state index is 6.25. The van der Waals surface area contributed by atoms with Crippen LogP contribution >= 0.6 is 14.1 Å². The molecule has 4 nitrogen and oxygen atoms in total. The van der Waals surface area contributed by atoms with E-state index in [1.165, 1.54) is 74.8 Å². The predicted octanol–water partition coefficient (Wildman–Crippen LogP) is 7.27. The molecule has 0 aromatic heterocycles. The van der Waals surface area contributed by atoms with Crippen molar-refractivity contribution < 1.29 is 51.9 Å². The average Bonchev–Trinajstić information content (AvgIpc) is 4.11. The topological polar surface area (TPSA) is 46.5 Å². The zero-order chi connectivity index (χ0) is 44.7. The van der Waals surface area contributed by atoms with Gasteiger partial charge < -0.3 is 20.1 Å². The fourth-order valence-corrected chi connectivity index (χ4v) is 16.9. The van der Waals surface area contributed by atoms with E-state index in [1.54, 1.807) is 0 Å². The molecule has 0 atom stereocenters. The molecule has 2 heterocycles. The summed E-state index contributed by atoms with van der Waals surface area (Å²) >= 11 is 0. The predicted molar refractivity (Wildman–Crippen MR) is 276 cm³/mol. The molecule has 332 valence electrons. The third-order valence-corrected chi connectivity index (χ3v) is 19.4. The molecule has 2 saturated heterocycles. The molecule has 8 rings (SSSR count). The summed E-state index contributed by atoms with van der Waals surface area (Å²) in [5.41, 5.74) is 12.2. The van der Waals surface area contributed by atoms with E-state index >= 15 is 0 Å². The van der Waals surface area contributed by atoms with Gasteiger partial charge in [-0.25, -0.2) is 0 Å². The Balaban J connectivity index is 0.000000680. The van der Waals surface area contributed by atoms with E-state index in [0.29, 0.717) is 23.7 Å². The van der Waals surface area contributed by atoms with Crippen LogP contribution < -0.4 is 63.7 Å². The first-order valence-electron chi connectivity index (χ1n) is 23.3. The van der Waals surface area contributed by atoms with Crippen molar-refractivity contribution in [2.45, 2.75) is 105 Å². The van der Waals surface area contributed by atoms with E-state index in [1.807, 2.05) is 0 Å². The van der Waals surface area contributed by atoms with Crippen molar-refractivity contribution in [3.05, 3.63) is 185 Å². The molecule has 0 amide bonds. The minimum atomic E-state index is -2.86. The van der Waals surface area contributed by atoms with Crippen molar-refractivity contribution >= 4 is 52.2 Å². The van der Waals surface area contributed by atoms with Crippen LogP contribution in [-0.2, 0) is 9.47 Å². The summed E-state index contributed by atoms with van der Waals surface area (Å²) < 4.78 is 14.3. The van der Waals surface area contributed by atoms with E-state index in [9.17, 15) is 0 Å². The Labute approximate surface area is 417 Å². The first-order chi connectivity index (χ1) is 30.6. The van der Waals surface area contributed by atoms with Gasteiger partial charge in [0.15, 0.2) is 0 Å². The summed E-state index contributed by atoms with van der Waals surface area (Å²) in [5, 5.41) is 11.1. The monoisotopic (exact) mass is 892 g/mol. The molecule has 0 unspecified atom stereocenters. The Morgan fingerprint density at radius 3 is 1.02 bits per heavy atom. The Kier molecular flexibility index (Phi) is 22.5. The van der Waals surface area contributed by atoms with Gasteiger partial charge in [-0.15, -0.1) is 5.69 Å². The Bertz CT molecular complexity index is 2250. The molecule has 0 saturated carbocycles. The van der Waals surface area contributed by atoms with Crippen LogP contribution in [0.3, 0.4) is 0 Å². The number of nitrogens with one attached hydrogen (secondary N) is 1. The number of hydrogen-bond donors (Lipinski definition) is 1. The first-order valence-corrected chi connectivity index (χ1v) is 26.8. The van der Waals surface area contributed by atoms with Crippen LogP contribution in [0.4, 0.5) is 11.4 Å². The van der Waals surface area contributed by atoms with Gasteiger partial charge in [0, 0.05) is 55.2 Å². The fraction of sp³-hybridized carbons (Fsp3) is 0.351. The number of benzene rings is 6. The van der Waals surface area contributed by atoms with Gasteiger partial charge in [-0.1, -0.05) is 235 Å². The van der Waals surface area contributed by atoms with Gasteiger partial charge in [0.25, 0.3) is 0 Å². The number of rotatable bonds is 12. The maximum Gasteiger partial charge on any atom is 1.00 e. The molecule has 8 heteroatoms. The largest absolute Gasteiger partial charge is 1.00 e. The molecule has 1 N–H and O–H groups in total. The van der Waals surface area contributed by atoms with Crippen molar-refractivity contribution in [2.24, 2.45) is 0 Å². The quantitative estimate of drug-likeness (QED) is 0.0799. The maximum atomic E-state index is 6.25. The summed E-state index contributed by atoms with van der Waals surface area (Å²) in [5.74, 6) is 1.24. The second-order valence-corrected chi connectivity index (χ2v) is 23.7. The number of para-hydroxylation sites is 1. The molecule has 0 radical (unpaired) electrons. The molecular weight excluding hydrogens is 820 g/mol. The SMILES string of the molecule is C1CCOC1.C1CCOC1.CC(C)c1cccc(C(C)C)c1[N-]P(=[C-]P(=[NH+]c1c(C(C)C)cccc1C(C)C)(c1ccccc1)c1ccccc1)(c1ccccc1)c1ccccc1.[Li+].[Li+]. The molecule has 65 heavy (non-hydrogen) atoms. The van der Waals surface area contributed by atoms with Crippen molar-refractivity contribution in [3.63, 3.8) is 0 Å². The third kappa shape index (κ3) is 13.9. The van der Waals surface area contributed by atoms with Gasteiger partial charge >= 0.3 is 37.7 Å². The van der Waals surface area contributed by atoms with Crippen LogP contribution in [0.5, 0.6) is 0 Å². The van der Waals surface area contributed by atoms with E-state index in [0.717, 1.165) is 32.1 Å². The Morgan fingerprint density at radius 1 is 0.415 bits per heavy atom. The van der Waals surface area contributed by atoms with Crippen LogP contribution in [0.1, 0.15) is 127 Å². The Morgan fingerprint density at radius 2 is 0.723 bits per heavy atom. The van der Waals surface area contributed by atoms with E-state index in [-0.39, 0.29) is 37.7 Å². The smallest absolute Gasteiger partial charge is 0.677 e. The van der Waals surface area contributed by atoms with Crippen molar-refractivity contribution in [1.29, 1.82) is 0 Å². The summed E-state index contributed by atoms with van der Waals surface area (Å²) in [6.07, 6.45) is 5.11. The normalized spacial score (nSPS) is 13.5. The molecule has 0 bridgehead atoms. The molecule has 6 aromatic rings. The second-order valence-electron chi connectivity index (χ2n) is 17.8. The molecule has 0 spiro atoms. The van der Waals surface area contributed by atoms with Crippen molar-refractivity contribution in [1.82, 2.24) is 0 Å². The van der Waals surface area contributed by atoms with Crippen LogP contribution in [0, 0.1) is 0 Å². The van der Waals surface area contributed by atoms with Gasteiger partial charge in [-0.3, -0.25) is 11.8 Å². The van der Waals surface area contributed by atoms with Gasteiger partial charge in [-0.2, -0.15) is 0 Å². The van der Waals surface area contributed by atoms with E-state index < -0.39 is 14.1 Å². The number of hydrogen-bond acceptors (Lipinski definition) is 2. The standard InChI is InChI=1S/C49H54N2P2.2C4H8O.2Li/c1-36(2)44-31-21-32-45(37(3)4)48(44)50-52(40-23-13-9-14-24-40,41-25-15-10-16-26-41)35-53(42-27-17-11-18-28-42,43-29-19-12-20-30-43)51-49-46(38(5)6)33-22-34-47(49)39(7)8;2*1-2-4-5-3-1;;/h9-34,36-39H,1-8H3;2*1-4H2;;/q-2;;;2*+1/p+1. The fourth-order valence-electron chi connectivity index (χ4n) is 8.27.